The number of carbonyl (C=O) groups is 3. The first-order valence-corrected chi connectivity index (χ1v) is 13.2. The number of ether oxygens (including phenoxy) is 4. The van der Waals surface area contributed by atoms with Crippen molar-refractivity contribution < 1.29 is 38.4 Å². The fourth-order valence-electron chi connectivity index (χ4n) is 4.31. The molecule has 1 unspecified atom stereocenters. The quantitative estimate of drug-likeness (QED) is 0.240. The number of unbranched alkanes of at least 4 members (excludes halogenated alkanes) is 1. The van der Waals surface area contributed by atoms with Crippen molar-refractivity contribution in [3.05, 3.63) is 83.9 Å². The zero-order chi connectivity index (χ0) is 28.3. The summed E-state index contributed by atoms with van der Waals surface area (Å²) in [4.78, 5) is 37.4. The highest BCUT2D eigenvalue weighted by molar-refractivity contribution is 5.98. The molecule has 0 bridgehead atoms. The van der Waals surface area contributed by atoms with E-state index >= 15 is 0 Å². The van der Waals surface area contributed by atoms with Gasteiger partial charge in [-0.3, -0.25) is 9.59 Å². The second-order valence-corrected chi connectivity index (χ2v) is 9.35. The van der Waals surface area contributed by atoms with Crippen molar-refractivity contribution in [3.8, 4) is 17.2 Å². The minimum absolute atomic E-state index is 0.108. The van der Waals surface area contributed by atoms with E-state index in [9.17, 15) is 19.5 Å². The third-order valence-electron chi connectivity index (χ3n) is 6.49. The van der Waals surface area contributed by atoms with Crippen LogP contribution in [0.25, 0.3) is 0 Å². The average molecular weight is 548 g/mol. The van der Waals surface area contributed by atoms with Crippen LogP contribution in [0.15, 0.2) is 72.8 Å². The maximum Gasteiger partial charge on any atom is 0.346 e. The summed E-state index contributed by atoms with van der Waals surface area (Å²) in [7, 11) is 1.25. The number of hydrogen-bond acceptors (Lipinski definition) is 7. The smallest absolute Gasteiger partial charge is 0.346 e. The number of aliphatic carboxylic acids is 1. The number of rotatable bonds is 13. The summed E-state index contributed by atoms with van der Waals surface area (Å²) in [5.41, 5.74) is 2.60. The zero-order valence-corrected chi connectivity index (χ0v) is 22.4. The molecule has 1 aliphatic heterocycles. The van der Waals surface area contributed by atoms with Gasteiger partial charge in [-0.05, 0) is 54.7 Å². The minimum Gasteiger partial charge on any atom is -0.494 e. The fourth-order valence-corrected chi connectivity index (χ4v) is 4.31. The number of para-hydroxylation sites is 1. The standard InChI is InChI=1S/C31H33NO8/c1-37-29(34)18-17-28(33)32-20-27(31(35)36)40-30-25(32)11-7-12-26(30)39-21-23-13-15-24(16-14-23)38-19-6-5-10-22-8-3-2-4-9-22/h2-4,7-9,11-16,27H,5-6,10,17-21H2,1H3,(H,35,36). The molecule has 1 aliphatic rings. The van der Waals surface area contributed by atoms with Crippen molar-refractivity contribution in [1.82, 2.24) is 0 Å². The summed E-state index contributed by atoms with van der Waals surface area (Å²) in [6.07, 6.45) is 1.53. The molecule has 0 saturated carbocycles. The Balaban J connectivity index is 1.33. The topological polar surface area (TPSA) is 112 Å². The Morgan fingerprint density at radius 1 is 0.900 bits per heavy atom. The number of hydrogen-bond donors (Lipinski definition) is 1. The number of benzene rings is 3. The van der Waals surface area contributed by atoms with Gasteiger partial charge in [-0.1, -0.05) is 48.5 Å². The normalized spacial score (nSPS) is 14.0. The van der Waals surface area contributed by atoms with Crippen LogP contribution in [0.5, 0.6) is 17.2 Å². The number of carboxylic acid groups (broad SMARTS) is 1. The molecule has 1 N–H and O–H groups in total. The first-order valence-electron chi connectivity index (χ1n) is 13.2. The number of anilines is 1. The molecule has 3 aromatic carbocycles. The Kier molecular flexibility index (Phi) is 9.99. The van der Waals surface area contributed by atoms with Gasteiger partial charge in [0.25, 0.3) is 0 Å². The molecule has 9 heteroatoms. The second kappa shape index (κ2) is 14.0. The van der Waals surface area contributed by atoms with E-state index in [2.05, 4.69) is 29.0 Å². The number of nitrogens with zero attached hydrogens (tertiary/aromatic N) is 1. The van der Waals surface area contributed by atoms with Crippen molar-refractivity contribution in [2.75, 3.05) is 25.2 Å². The molecule has 0 aliphatic carbocycles. The predicted octanol–water partition coefficient (Wildman–Crippen LogP) is 4.80. The third kappa shape index (κ3) is 7.75. The largest absolute Gasteiger partial charge is 0.494 e. The van der Waals surface area contributed by atoms with E-state index in [-0.39, 0.29) is 31.7 Å². The number of esters is 1. The number of amides is 1. The molecular weight excluding hydrogens is 514 g/mol. The van der Waals surface area contributed by atoms with Crippen LogP contribution < -0.4 is 19.1 Å². The Morgan fingerprint density at radius 3 is 2.40 bits per heavy atom. The van der Waals surface area contributed by atoms with Crippen molar-refractivity contribution in [2.24, 2.45) is 0 Å². The molecule has 9 nitrogen and oxygen atoms in total. The fraction of sp³-hybridized carbons (Fsp3) is 0.323. The van der Waals surface area contributed by atoms with Gasteiger partial charge < -0.3 is 29.0 Å². The lowest BCUT2D eigenvalue weighted by atomic mass is 10.1. The van der Waals surface area contributed by atoms with Crippen molar-refractivity contribution in [2.45, 2.75) is 44.8 Å². The molecule has 210 valence electrons. The van der Waals surface area contributed by atoms with E-state index in [0.717, 1.165) is 30.6 Å². The molecule has 1 heterocycles. The van der Waals surface area contributed by atoms with Gasteiger partial charge in [0.15, 0.2) is 11.5 Å². The van der Waals surface area contributed by atoms with Crippen LogP contribution in [0.4, 0.5) is 5.69 Å². The molecule has 0 saturated heterocycles. The lowest BCUT2D eigenvalue weighted by Crippen LogP contribution is -2.47. The molecule has 4 rings (SSSR count). The van der Waals surface area contributed by atoms with Crippen LogP contribution in [-0.2, 0) is 32.1 Å². The summed E-state index contributed by atoms with van der Waals surface area (Å²) in [5, 5.41) is 9.60. The number of carboxylic acids is 1. The van der Waals surface area contributed by atoms with Crippen LogP contribution in [0.2, 0.25) is 0 Å². The Hall–Kier alpha value is -4.53. The summed E-state index contributed by atoms with van der Waals surface area (Å²) < 4.78 is 22.2. The molecule has 0 radical (unpaired) electrons. The van der Waals surface area contributed by atoms with E-state index < -0.39 is 23.9 Å². The first-order chi connectivity index (χ1) is 19.4. The maximum absolute atomic E-state index is 12.9. The predicted molar refractivity (Wildman–Crippen MR) is 148 cm³/mol. The Labute approximate surface area is 233 Å². The lowest BCUT2D eigenvalue weighted by Gasteiger charge is -2.34. The number of aryl methyl sites for hydroxylation is 1. The highest BCUT2D eigenvalue weighted by Gasteiger charge is 2.35. The molecule has 1 amide bonds. The number of methoxy groups -OCH3 is 1. The van der Waals surface area contributed by atoms with Gasteiger partial charge in [0.05, 0.1) is 32.4 Å². The molecule has 3 aromatic rings. The average Bonchev–Trinajstić information content (AvgIpc) is 2.98. The molecule has 0 fully saturated rings. The Morgan fingerprint density at radius 2 is 1.68 bits per heavy atom. The SMILES string of the molecule is COC(=O)CCC(=O)N1CC(C(=O)O)Oc2c(OCc3ccc(OCCCCc4ccccc4)cc3)cccc21. The zero-order valence-electron chi connectivity index (χ0n) is 22.4. The van der Waals surface area contributed by atoms with Gasteiger partial charge in [0.2, 0.25) is 12.0 Å². The van der Waals surface area contributed by atoms with E-state index in [4.69, 9.17) is 14.2 Å². The van der Waals surface area contributed by atoms with Gasteiger partial charge in [-0.2, -0.15) is 0 Å². The molecule has 1 atom stereocenters. The Bertz CT molecular complexity index is 1290. The monoisotopic (exact) mass is 547 g/mol. The maximum atomic E-state index is 12.9. The lowest BCUT2D eigenvalue weighted by molar-refractivity contribution is -0.145. The van der Waals surface area contributed by atoms with E-state index in [0.29, 0.717) is 18.0 Å². The van der Waals surface area contributed by atoms with Crippen molar-refractivity contribution >= 4 is 23.5 Å². The van der Waals surface area contributed by atoms with Crippen LogP contribution in [-0.4, -0.2) is 49.3 Å². The van der Waals surface area contributed by atoms with Crippen LogP contribution in [0.1, 0.15) is 36.8 Å². The van der Waals surface area contributed by atoms with Crippen LogP contribution in [0, 0.1) is 0 Å². The molecular formula is C31H33NO8. The van der Waals surface area contributed by atoms with Gasteiger partial charge in [-0.25, -0.2) is 4.79 Å². The summed E-state index contributed by atoms with van der Waals surface area (Å²) in [5.74, 6) is -0.880. The minimum atomic E-state index is -1.27. The second-order valence-electron chi connectivity index (χ2n) is 9.35. The molecule has 0 aromatic heterocycles. The van der Waals surface area contributed by atoms with E-state index in [1.807, 2.05) is 30.3 Å². The van der Waals surface area contributed by atoms with Crippen molar-refractivity contribution in [3.63, 3.8) is 0 Å². The van der Waals surface area contributed by atoms with E-state index in [1.54, 1.807) is 18.2 Å². The third-order valence-corrected chi connectivity index (χ3v) is 6.49. The summed E-state index contributed by atoms with van der Waals surface area (Å²) >= 11 is 0. The van der Waals surface area contributed by atoms with Crippen LogP contribution >= 0.6 is 0 Å². The van der Waals surface area contributed by atoms with E-state index in [1.165, 1.54) is 17.6 Å². The van der Waals surface area contributed by atoms with Gasteiger partial charge in [0, 0.05) is 6.42 Å². The highest BCUT2D eigenvalue weighted by atomic mass is 16.5. The number of fused-ring (bicyclic) bond motifs is 1. The first kappa shape index (κ1) is 28.5. The summed E-state index contributed by atoms with van der Waals surface area (Å²) in [6, 6.07) is 23.0. The summed E-state index contributed by atoms with van der Waals surface area (Å²) in [6.45, 7) is 0.653. The van der Waals surface area contributed by atoms with Crippen molar-refractivity contribution in [1.29, 1.82) is 0 Å². The van der Waals surface area contributed by atoms with Gasteiger partial charge in [-0.15, -0.1) is 0 Å². The van der Waals surface area contributed by atoms with Gasteiger partial charge in [0.1, 0.15) is 12.4 Å². The number of carbonyl (C=O) groups excluding carboxylic acids is 2. The van der Waals surface area contributed by atoms with Crippen LogP contribution in [0.3, 0.4) is 0 Å². The van der Waals surface area contributed by atoms with Gasteiger partial charge >= 0.3 is 11.9 Å². The molecule has 40 heavy (non-hydrogen) atoms. The molecule has 0 spiro atoms. The highest BCUT2D eigenvalue weighted by Crippen LogP contribution is 2.42.